The molecular weight excluding hydrogens is 290 g/mol. The summed E-state index contributed by atoms with van der Waals surface area (Å²) in [7, 11) is 0. The lowest BCUT2D eigenvalue weighted by molar-refractivity contribution is 0.0718. The second kappa shape index (κ2) is 6.22. The first-order valence-corrected chi connectivity index (χ1v) is 8.72. The highest BCUT2D eigenvalue weighted by molar-refractivity contribution is 5.95. The predicted octanol–water partition coefficient (Wildman–Crippen LogP) is 4.03. The molecule has 1 amide bonds. The number of likely N-dealkylation sites (tertiary alicyclic amines) is 1. The van der Waals surface area contributed by atoms with Crippen molar-refractivity contribution in [3.63, 3.8) is 0 Å². The Morgan fingerprint density at radius 3 is 2.87 bits per heavy atom. The molecule has 1 unspecified atom stereocenters. The molecule has 2 fully saturated rings. The summed E-state index contributed by atoms with van der Waals surface area (Å²) in [6, 6.07) is 3.92. The van der Waals surface area contributed by atoms with Crippen molar-refractivity contribution >= 4 is 5.91 Å². The van der Waals surface area contributed by atoms with Crippen molar-refractivity contribution < 1.29 is 9.21 Å². The first-order valence-electron chi connectivity index (χ1n) is 8.72. The third kappa shape index (κ3) is 2.69. The Morgan fingerprint density at radius 2 is 2.09 bits per heavy atom. The lowest BCUT2D eigenvalue weighted by Crippen LogP contribution is -2.31. The van der Waals surface area contributed by atoms with Gasteiger partial charge in [-0.15, -0.1) is 0 Å². The number of aromatic nitrogens is 2. The van der Waals surface area contributed by atoms with Crippen LogP contribution in [0.15, 0.2) is 29.0 Å². The third-order valence-electron chi connectivity index (χ3n) is 5.30. The van der Waals surface area contributed by atoms with E-state index in [4.69, 9.17) is 4.42 Å². The first-order chi connectivity index (χ1) is 11.3. The van der Waals surface area contributed by atoms with Gasteiger partial charge in [0.2, 0.25) is 0 Å². The molecule has 5 nitrogen and oxygen atoms in total. The summed E-state index contributed by atoms with van der Waals surface area (Å²) >= 11 is 0. The maximum Gasteiger partial charge on any atom is 0.257 e. The molecule has 122 valence electrons. The van der Waals surface area contributed by atoms with Crippen molar-refractivity contribution in [1.29, 1.82) is 0 Å². The van der Waals surface area contributed by atoms with E-state index in [1.165, 1.54) is 19.3 Å². The van der Waals surface area contributed by atoms with Gasteiger partial charge in [-0.3, -0.25) is 9.89 Å². The van der Waals surface area contributed by atoms with Crippen LogP contribution in [0.3, 0.4) is 0 Å². The molecule has 0 spiro atoms. The van der Waals surface area contributed by atoms with Gasteiger partial charge in [0.15, 0.2) is 0 Å². The number of hydrogen-bond donors (Lipinski definition) is 1. The molecule has 23 heavy (non-hydrogen) atoms. The van der Waals surface area contributed by atoms with Crippen molar-refractivity contribution in [2.45, 2.75) is 56.9 Å². The Balaban J connectivity index is 1.58. The van der Waals surface area contributed by atoms with Crippen molar-refractivity contribution in [1.82, 2.24) is 15.1 Å². The van der Waals surface area contributed by atoms with Gasteiger partial charge >= 0.3 is 0 Å². The Morgan fingerprint density at radius 1 is 1.22 bits per heavy atom. The van der Waals surface area contributed by atoms with Crippen LogP contribution in [-0.4, -0.2) is 27.5 Å². The van der Waals surface area contributed by atoms with Crippen molar-refractivity contribution in [3.8, 4) is 0 Å². The largest absolute Gasteiger partial charge is 0.467 e. The van der Waals surface area contributed by atoms with Crippen LogP contribution in [0.2, 0.25) is 0 Å². The lowest BCUT2D eigenvalue weighted by atomic mass is 9.85. The molecule has 1 aliphatic carbocycles. The van der Waals surface area contributed by atoms with Crippen LogP contribution in [-0.2, 0) is 0 Å². The van der Waals surface area contributed by atoms with Gasteiger partial charge < -0.3 is 9.32 Å². The third-order valence-corrected chi connectivity index (χ3v) is 5.30. The molecule has 1 saturated carbocycles. The van der Waals surface area contributed by atoms with Gasteiger partial charge in [-0.1, -0.05) is 19.3 Å². The van der Waals surface area contributed by atoms with E-state index in [2.05, 4.69) is 10.2 Å². The normalized spacial score (nSPS) is 22.6. The molecule has 2 aromatic heterocycles. The molecule has 2 aliphatic rings. The number of aromatic amines is 1. The van der Waals surface area contributed by atoms with E-state index in [0.717, 1.165) is 49.2 Å². The second-order valence-electron chi connectivity index (χ2n) is 6.70. The summed E-state index contributed by atoms with van der Waals surface area (Å²) < 4.78 is 5.54. The van der Waals surface area contributed by atoms with Crippen LogP contribution in [0.25, 0.3) is 0 Å². The fourth-order valence-electron chi connectivity index (χ4n) is 4.11. The molecule has 2 aromatic rings. The summed E-state index contributed by atoms with van der Waals surface area (Å²) in [6.45, 7) is 0.791. The number of nitrogens with zero attached hydrogens (tertiary/aromatic N) is 2. The van der Waals surface area contributed by atoms with E-state index in [0.29, 0.717) is 5.92 Å². The highest BCUT2D eigenvalue weighted by Gasteiger charge is 2.34. The zero-order valence-electron chi connectivity index (χ0n) is 13.3. The van der Waals surface area contributed by atoms with Crippen LogP contribution in [0.1, 0.15) is 78.7 Å². The standard InChI is InChI=1S/C18H23N3O2/c22-18(21-10-4-8-15(21)16-9-5-11-23-16)14-12-19-20-17(14)13-6-2-1-3-7-13/h5,9,11-13,15H,1-4,6-8,10H2,(H,19,20). The summed E-state index contributed by atoms with van der Waals surface area (Å²) in [6.07, 6.45) is 11.5. The molecule has 0 bridgehead atoms. The van der Waals surface area contributed by atoms with Gasteiger partial charge in [-0.05, 0) is 37.8 Å². The van der Waals surface area contributed by atoms with E-state index in [1.807, 2.05) is 17.0 Å². The highest BCUT2D eigenvalue weighted by atomic mass is 16.3. The zero-order valence-corrected chi connectivity index (χ0v) is 13.3. The summed E-state index contributed by atoms with van der Waals surface area (Å²) in [5, 5.41) is 7.29. The summed E-state index contributed by atoms with van der Waals surface area (Å²) in [5.74, 6) is 1.44. The Labute approximate surface area is 136 Å². The molecule has 3 heterocycles. The molecular formula is C18H23N3O2. The van der Waals surface area contributed by atoms with Crippen LogP contribution in [0, 0.1) is 0 Å². The monoisotopic (exact) mass is 313 g/mol. The number of carbonyl (C=O) groups excluding carboxylic acids is 1. The summed E-state index contributed by atoms with van der Waals surface area (Å²) in [5.41, 5.74) is 1.80. The SMILES string of the molecule is O=C(c1cn[nH]c1C1CCCCC1)N1CCCC1c1ccco1. The van der Waals surface area contributed by atoms with Gasteiger partial charge in [0.1, 0.15) is 5.76 Å². The van der Waals surface area contributed by atoms with E-state index in [1.54, 1.807) is 12.5 Å². The van der Waals surface area contributed by atoms with Crippen molar-refractivity contribution in [3.05, 3.63) is 41.6 Å². The number of amides is 1. The number of H-pyrrole nitrogens is 1. The fourth-order valence-corrected chi connectivity index (χ4v) is 4.11. The van der Waals surface area contributed by atoms with Gasteiger partial charge in [-0.25, -0.2) is 0 Å². The molecule has 1 aliphatic heterocycles. The van der Waals surface area contributed by atoms with Gasteiger partial charge in [0.05, 0.1) is 29.8 Å². The molecule has 1 saturated heterocycles. The molecule has 5 heteroatoms. The Hall–Kier alpha value is -2.04. The minimum atomic E-state index is 0.0617. The number of hydrogen-bond acceptors (Lipinski definition) is 3. The minimum Gasteiger partial charge on any atom is -0.467 e. The fraction of sp³-hybridized carbons (Fsp3) is 0.556. The van der Waals surface area contributed by atoms with E-state index >= 15 is 0 Å². The van der Waals surface area contributed by atoms with E-state index < -0.39 is 0 Å². The van der Waals surface area contributed by atoms with Crippen LogP contribution in [0.5, 0.6) is 0 Å². The second-order valence-corrected chi connectivity index (χ2v) is 6.70. The van der Waals surface area contributed by atoms with Gasteiger partial charge in [0.25, 0.3) is 5.91 Å². The smallest absolute Gasteiger partial charge is 0.257 e. The summed E-state index contributed by atoms with van der Waals surface area (Å²) in [4.78, 5) is 15.1. The Bertz CT molecular complexity index is 656. The first kappa shape index (κ1) is 14.5. The van der Waals surface area contributed by atoms with Gasteiger partial charge in [0, 0.05) is 12.5 Å². The average Bonchev–Trinajstić information content (AvgIpc) is 3.34. The number of nitrogens with one attached hydrogen (secondary N) is 1. The van der Waals surface area contributed by atoms with Gasteiger partial charge in [-0.2, -0.15) is 5.10 Å². The molecule has 0 radical (unpaired) electrons. The molecule has 1 N–H and O–H groups in total. The van der Waals surface area contributed by atoms with Crippen molar-refractivity contribution in [2.24, 2.45) is 0 Å². The van der Waals surface area contributed by atoms with E-state index in [9.17, 15) is 4.79 Å². The quantitative estimate of drug-likeness (QED) is 0.930. The highest BCUT2D eigenvalue weighted by Crippen LogP contribution is 2.37. The Kier molecular flexibility index (Phi) is 3.93. The lowest BCUT2D eigenvalue weighted by Gasteiger charge is -2.25. The predicted molar refractivity (Wildman–Crippen MR) is 86.1 cm³/mol. The molecule has 1 atom stereocenters. The van der Waals surface area contributed by atoms with E-state index in [-0.39, 0.29) is 11.9 Å². The average molecular weight is 313 g/mol. The molecule has 4 rings (SSSR count). The van der Waals surface area contributed by atoms with Crippen molar-refractivity contribution in [2.75, 3.05) is 6.54 Å². The number of rotatable bonds is 3. The van der Waals surface area contributed by atoms with Crippen LogP contribution >= 0.6 is 0 Å². The van der Waals surface area contributed by atoms with Crippen LogP contribution in [0.4, 0.5) is 0 Å². The maximum atomic E-state index is 13.1. The minimum absolute atomic E-state index is 0.0617. The number of furan rings is 1. The number of carbonyl (C=O) groups is 1. The maximum absolute atomic E-state index is 13.1. The molecule has 0 aromatic carbocycles. The van der Waals surface area contributed by atoms with Crippen LogP contribution < -0.4 is 0 Å². The zero-order chi connectivity index (χ0) is 15.6. The topological polar surface area (TPSA) is 62.1 Å².